The Hall–Kier alpha value is -4.19. The second-order valence-electron chi connectivity index (χ2n) is 7.00. The summed E-state index contributed by atoms with van der Waals surface area (Å²) >= 11 is 0. The van der Waals surface area contributed by atoms with Gasteiger partial charge < -0.3 is 10.1 Å². The van der Waals surface area contributed by atoms with Crippen LogP contribution in [0.4, 0.5) is 27.6 Å². The summed E-state index contributed by atoms with van der Waals surface area (Å²) in [6.45, 7) is 0.890. The summed E-state index contributed by atoms with van der Waals surface area (Å²) in [5.74, 6) is -6.62. The molecule has 15 heteroatoms. The number of amides is 1. The number of nitriles is 1. The zero-order valence-corrected chi connectivity index (χ0v) is 18.5. The third-order valence-electron chi connectivity index (χ3n) is 4.46. The number of carbonyl (C=O) groups excluding carboxylic acids is 1. The minimum atomic E-state index is -5.02. The van der Waals surface area contributed by atoms with Crippen molar-refractivity contribution in [3.05, 3.63) is 64.5 Å². The predicted molar refractivity (Wildman–Crippen MR) is 110 cm³/mol. The second kappa shape index (κ2) is 9.22. The standard InChI is InChI=1S/C20H13F5N6O3S/c1-9-13(17(32)29-11-4-3-5-12(6-11)35(2,27)33)18(31-30-16(9)20(23,24)25)34-19-15(22)14(21)10(7-26)8-28-19/h3-6,8,27H,1-2H3,(H,29,32). The van der Waals surface area contributed by atoms with E-state index in [-0.39, 0.29) is 10.6 Å². The van der Waals surface area contributed by atoms with E-state index in [0.717, 1.165) is 13.2 Å². The van der Waals surface area contributed by atoms with Gasteiger partial charge in [-0.25, -0.2) is 18.4 Å². The number of alkyl halides is 3. The van der Waals surface area contributed by atoms with Gasteiger partial charge in [-0.15, -0.1) is 10.2 Å². The maximum atomic E-state index is 14.3. The Morgan fingerprint density at radius 2 is 1.89 bits per heavy atom. The monoisotopic (exact) mass is 512 g/mol. The van der Waals surface area contributed by atoms with Crippen LogP contribution in [0, 0.1) is 34.7 Å². The number of rotatable bonds is 5. The van der Waals surface area contributed by atoms with Gasteiger partial charge in [0, 0.05) is 16.8 Å². The van der Waals surface area contributed by atoms with Crippen molar-refractivity contribution in [2.75, 3.05) is 11.6 Å². The summed E-state index contributed by atoms with van der Waals surface area (Å²) in [6, 6.07) is 6.56. The van der Waals surface area contributed by atoms with Crippen LogP contribution in [0.5, 0.6) is 11.8 Å². The van der Waals surface area contributed by atoms with Crippen LogP contribution in [-0.2, 0) is 15.9 Å². The van der Waals surface area contributed by atoms with Crippen molar-refractivity contribution < 1.29 is 35.7 Å². The van der Waals surface area contributed by atoms with Crippen molar-refractivity contribution in [1.29, 1.82) is 10.0 Å². The largest absolute Gasteiger partial charge is 0.435 e. The van der Waals surface area contributed by atoms with Crippen LogP contribution in [0.2, 0.25) is 0 Å². The molecule has 1 amide bonds. The maximum absolute atomic E-state index is 14.3. The molecular formula is C20H13F5N6O3S. The van der Waals surface area contributed by atoms with Crippen LogP contribution >= 0.6 is 0 Å². The fourth-order valence-electron chi connectivity index (χ4n) is 2.81. The molecule has 2 N–H and O–H groups in total. The lowest BCUT2D eigenvalue weighted by molar-refractivity contribution is -0.142. The molecule has 0 radical (unpaired) electrons. The van der Waals surface area contributed by atoms with Gasteiger partial charge in [-0.2, -0.15) is 22.8 Å². The molecule has 182 valence electrons. The van der Waals surface area contributed by atoms with E-state index in [2.05, 4.69) is 20.5 Å². The number of ether oxygens (including phenoxy) is 1. The van der Waals surface area contributed by atoms with Crippen LogP contribution in [0.3, 0.4) is 0 Å². The Kier molecular flexibility index (Phi) is 6.70. The molecule has 0 aliphatic rings. The molecular weight excluding hydrogens is 499 g/mol. The van der Waals surface area contributed by atoms with E-state index in [1.165, 1.54) is 30.3 Å². The second-order valence-corrected chi connectivity index (χ2v) is 9.15. The number of nitrogens with zero attached hydrogens (tertiary/aromatic N) is 4. The van der Waals surface area contributed by atoms with Crippen LogP contribution in [-0.4, -0.2) is 31.6 Å². The highest BCUT2D eigenvalue weighted by atomic mass is 32.2. The minimum absolute atomic E-state index is 0.0289. The van der Waals surface area contributed by atoms with Crippen molar-refractivity contribution in [2.45, 2.75) is 18.0 Å². The summed E-state index contributed by atoms with van der Waals surface area (Å²) in [5.41, 5.74) is -3.90. The van der Waals surface area contributed by atoms with E-state index in [4.69, 9.17) is 14.8 Å². The topological polar surface area (TPSA) is 142 Å². The normalized spacial score (nSPS) is 13.0. The number of hydrogen-bond acceptors (Lipinski definition) is 8. The van der Waals surface area contributed by atoms with Crippen molar-refractivity contribution in [2.24, 2.45) is 0 Å². The molecule has 1 unspecified atom stereocenters. The average Bonchev–Trinajstić information content (AvgIpc) is 2.76. The van der Waals surface area contributed by atoms with Gasteiger partial charge >= 0.3 is 6.18 Å². The molecule has 2 aromatic heterocycles. The Bertz CT molecular complexity index is 1490. The number of nitrogens with one attached hydrogen (secondary N) is 2. The molecule has 0 saturated heterocycles. The lowest BCUT2D eigenvalue weighted by atomic mass is 10.1. The van der Waals surface area contributed by atoms with Crippen molar-refractivity contribution in [3.8, 4) is 17.8 Å². The first kappa shape index (κ1) is 25.4. The van der Waals surface area contributed by atoms with E-state index in [1.807, 2.05) is 0 Å². The van der Waals surface area contributed by atoms with E-state index < -0.39 is 67.6 Å². The number of benzene rings is 1. The molecule has 3 aromatic rings. The van der Waals surface area contributed by atoms with E-state index >= 15 is 0 Å². The molecule has 9 nitrogen and oxygen atoms in total. The Balaban J connectivity index is 2.11. The van der Waals surface area contributed by atoms with Crippen molar-refractivity contribution in [1.82, 2.24) is 15.2 Å². The molecule has 0 saturated carbocycles. The smallest absolute Gasteiger partial charge is 0.415 e. The van der Waals surface area contributed by atoms with Gasteiger partial charge in [0.1, 0.15) is 17.2 Å². The minimum Gasteiger partial charge on any atom is -0.415 e. The zero-order valence-electron chi connectivity index (χ0n) is 17.7. The summed E-state index contributed by atoms with van der Waals surface area (Å²) < 4.78 is 92.9. The number of halogens is 5. The van der Waals surface area contributed by atoms with Crippen LogP contribution in [0.1, 0.15) is 27.2 Å². The quantitative estimate of drug-likeness (QED) is 0.482. The first-order valence-corrected chi connectivity index (χ1v) is 11.2. The molecule has 2 heterocycles. The fourth-order valence-corrected chi connectivity index (χ4v) is 3.50. The van der Waals surface area contributed by atoms with Gasteiger partial charge in [0.25, 0.3) is 17.7 Å². The number of anilines is 1. The van der Waals surface area contributed by atoms with Gasteiger partial charge in [-0.1, -0.05) is 6.07 Å². The summed E-state index contributed by atoms with van der Waals surface area (Å²) in [4.78, 5) is 16.4. The average molecular weight is 512 g/mol. The molecule has 1 atom stereocenters. The number of aromatic nitrogens is 3. The number of hydrogen-bond donors (Lipinski definition) is 2. The van der Waals surface area contributed by atoms with Gasteiger partial charge in [0.15, 0.2) is 11.5 Å². The van der Waals surface area contributed by atoms with Gasteiger partial charge in [0.05, 0.1) is 15.9 Å². The Morgan fingerprint density at radius 1 is 1.20 bits per heavy atom. The van der Waals surface area contributed by atoms with Crippen LogP contribution in [0.25, 0.3) is 0 Å². The van der Waals surface area contributed by atoms with E-state index in [0.29, 0.717) is 6.20 Å². The van der Waals surface area contributed by atoms with Gasteiger partial charge in [0.2, 0.25) is 5.82 Å². The van der Waals surface area contributed by atoms with E-state index in [1.54, 1.807) is 0 Å². The highest BCUT2D eigenvalue weighted by molar-refractivity contribution is 7.91. The van der Waals surface area contributed by atoms with Crippen molar-refractivity contribution >= 4 is 21.3 Å². The molecule has 0 aliphatic carbocycles. The molecule has 0 aliphatic heterocycles. The summed E-state index contributed by atoms with van der Waals surface area (Å²) in [6.07, 6.45) is -3.27. The molecule has 0 fully saturated rings. The van der Waals surface area contributed by atoms with Crippen molar-refractivity contribution in [3.63, 3.8) is 0 Å². The lowest BCUT2D eigenvalue weighted by Gasteiger charge is -2.16. The summed E-state index contributed by atoms with van der Waals surface area (Å²) in [5, 5.41) is 17.2. The third-order valence-corrected chi connectivity index (χ3v) is 5.62. The summed E-state index contributed by atoms with van der Waals surface area (Å²) in [7, 11) is -3.18. The SMILES string of the molecule is Cc1c(C(F)(F)F)nnc(Oc2ncc(C#N)c(F)c2F)c1C(=O)Nc1cccc(S(C)(=N)=O)c1. The lowest BCUT2D eigenvalue weighted by Crippen LogP contribution is -2.21. The molecule has 0 bridgehead atoms. The first-order chi connectivity index (χ1) is 16.2. The van der Waals surface area contributed by atoms with E-state index in [9.17, 15) is 31.0 Å². The molecule has 35 heavy (non-hydrogen) atoms. The highest BCUT2D eigenvalue weighted by Crippen LogP contribution is 2.35. The fraction of sp³-hybridized carbons (Fsp3) is 0.150. The Morgan fingerprint density at radius 3 is 2.49 bits per heavy atom. The maximum Gasteiger partial charge on any atom is 0.435 e. The molecule has 1 aromatic carbocycles. The third kappa shape index (κ3) is 5.32. The Labute approximate surface area is 194 Å². The molecule has 3 rings (SSSR count). The van der Waals surface area contributed by atoms with Crippen LogP contribution in [0.15, 0.2) is 35.4 Å². The van der Waals surface area contributed by atoms with Crippen LogP contribution < -0.4 is 10.1 Å². The number of pyridine rings is 1. The van der Waals surface area contributed by atoms with Gasteiger partial charge in [-0.05, 0) is 30.7 Å². The molecule has 0 spiro atoms. The van der Waals surface area contributed by atoms with Gasteiger partial charge in [-0.3, -0.25) is 4.79 Å². The first-order valence-electron chi connectivity index (χ1n) is 9.25. The number of carbonyl (C=O) groups is 1. The predicted octanol–water partition coefficient (Wildman–Crippen LogP) is 4.43. The highest BCUT2D eigenvalue weighted by Gasteiger charge is 2.38. The zero-order chi connectivity index (χ0) is 26.1.